The van der Waals surface area contributed by atoms with Gasteiger partial charge in [-0.3, -0.25) is 19.9 Å². The summed E-state index contributed by atoms with van der Waals surface area (Å²) in [5.41, 5.74) is 16.3. The highest BCUT2D eigenvalue weighted by Crippen LogP contribution is 2.39. The molecule has 0 spiro atoms. The van der Waals surface area contributed by atoms with E-state index in [4.69, 9.17) is 11.5 Å². The number of hydrogen-bond donors (Lipinski definition) is 3. The van der Waals surface area contributed by atoms with Crippen LogP contribution in [0.2, 0.25) is 0 Å². The fourth-order valence-corrected chi connectivity index (χ4v) is 2.91. The van der Waals surface area contributed by atoms with Crippen molar-refractivity contribution in [1.29, 1.82) is 0 Å². The lowest BCUT2D eigenvalue weighted by Gasteiger charge is -2.14. The molecular formula is C16H13N7O. The molecule has 118 valence electrons. The summed E-state index contributed by atoms with van der Waals surface area (Å²) >= 11 is 0. The van der Waals surface area contributed by atoms with Gasteiger partial charge in [0.15, 0.2) is 5.65 Å². The first kappa shape index (κ1) is 14.1. The molecule has 0 aliphatic rings. The second-order valence-corrected chi connectivity index (χ2v) is 5.45. The molecule has 0 aliphatic carbocycles. The third-order valence-electron chi connectivity index (χ3n) is 3.99. The first-order valence-electron chi connectivity index (χ1n) is 7.20. The number of H-pyrrole nitrogens is 1. The number of benzene rings is 1. The topological polar surface area (TPSA) is 136 Å². The number of primary amides is 1. The predicted octanol–water partition coefficient (Wildman–Crippen LogP) is 1.56. The maximum atomic E-state index is 11.8. The van der Waals surface area contributed by atoms with Gasteiger partial charge in [-0.1, -0.05) is 0 Å². The van der Waals surface area contributed by atoms with Crippen molar-refractivity contribution in [2.24, 2.45) is 5.73 Å². The zero-order valence-corrected chi connectivity index (χ0v) is 12.7. The summed E-state index contributed by atoms with van der Waals surface area (Å²) in [6.07, 6.45) is 6.52. The van der Waals surface area contributed by atoms with Crippen LogP contribution >= 0.6 is 0 Å². The van der Waals surface area contributed by atoms with E-state index in [2.05, 4.69) is 25.1 Å². The van der Waals surface area contributed by atoms with Crippen LogP contribution in [0.3, 0.4) is 0 Å². The molecule has 8 heteroatoms. The molecule has 1 amide bonds. The Kier molecular flexibility index (Phi) is 2.92. The summed E-state index contributed by atoms with van der Waals surface area (Å²) in [7, 11) is 0. The van der Waals surface area contributed by atoms with Crippen LogP contribution in [0.5, 0.6) is 0 Å². The SMILES string of the molecule is Cc1cnc2[nH]ncc2c1-c1c(N)c(C(N)=O)cc2nccnc12. The molecule has 0 saturated heterocycles. The van der Waals surface area contributed by atoms with Gasteiger partial charge in [0.25, 0.3) is 5.91 Å². The summed E-state index contributed by atoms with van der Waals surface area (Å²) in [6.45, 7) is 1.91. The number of fused-ring (bicyclic) bond motifs is 2. The summed E-state index contributed by atoms with van der Waals surface area (Å²) < 4.78 is 0. The van der Waals surface area contributed by atoms with Gasteiger partial charge in [0.05, 0.1) is 28.5 Å². The molecule has 0 unspecified atom stereocenters. The molecule has 4 rings (SSSR count). The third-order valence-corrected chi connectivity index (χ3v) is 3.99. The van der Waals surface area contributed by atoms with Gasteiger partial charge in [-0.25, -0.2) is 4.98 Å². The van der Waals surface area contributed by atoms with Crippen molar-refractivity contribution in [1.82, 2.24) is 25.1 Å². The van der Waals surface area contributed by atoms with Crippen molar-refractivity contribution in [3.63, 3.8) is 0 Å². The number of anilines is 1. The Balaban J connectivity index is 2.24. The van der Waals surface area contributed by atoms with Crippen LogP contribution in [0, 0.1) is 6.92 Å². The van der Waals surface area contributed by atoms with E-state index in [-0.39, 0.29) is 11.3 Å². The van der Waals surface area contributed by atoms with Crippen molar-refractivity contribution in [3.8, 4) is 11.1 Å². The molecule has 1 aromatic carbocycles. The van der Waals surface area contributed by atoms with Gasteiger partial charge in [-0.2, -0.15) is 5.10 Å². The van der Waals surface area contributed by atoms with E-state index in [0.717, 1.165) is 16.5 Å². The molecule has 0 aliphatic heterocycles. The van der Waals surface area contributed by atoms with Gasteiger partial charge in [0.1, 0.15) is 0 Å². The molecule has 0 radical (unpaired) electrons. The Bertz CT molecular complexity index is 1120. The first-order valence-corrected chi connectivity index (χ1v) is 7.20. The van der Waals surface area contributed by atoms with Crippen LogP contribution in [0.25, 0.3) is 33.2 Å². The molecule has 0 fully saturated rings. The Morgan fingerprint density at radius 1 is 1.12 bits per heavy atom. The molecule has 5 N–H and O–H groups in total. The van der Waals surface area contributed by atoms with E-state index in [1.807, 2.05) is 6.92 Å². The predicted molar refractivity (Wildman–Crippen MR) is 90.1 cm³/mol. The van der Waals surface area contributed by atoms with Gasteiger partial charge in [0, 0.05) is 35.1 Å². The Morgan fingerprint density at radius 2 is 1.92 bits per heavy atom. The van der Waals surface area contributed by atoms with Crippen molar-refractivity contribution in [2.75, 3.05) is 5.73 Å². The number of aromatic amines is 1. The zero-order chi connectivity index (χ0) is 16.8. The number of rotatable bonds is 2. The van der Waals surface area contributed by atoms with Crippen molar-refractivity contribution in [3.05, 3.63) is 42.0 Å². The van der Waals surface area contributed by atoms with Crippen molar-refractivity contribution >= 4 is 33.7 Å². The smallest absolute Gasteiger partial charge is 0.250 e. The van der Waals surface area contributed by atoms with Gasteiger partial charge in [-0.05, 0) is 18.6 Å². The molecule has 3 heterocycles. The quantitative estimate of drug-likeness (QED) is 0.479. The minimum atomic E-state index is -0.614. The fourth-order valence-electron chi connectivity index (χ4n) is 2.91. The van der Waals surface area contributed by atoms with Gasteiger partial charge in [0.2, 0.25) is 0 Å². The standard InChI is InChI=1S/C16H13N7O/c1-7-5-21-16-9(6-22-23-16)11(7)12-13(17)8(15(18)24)4-10-14(12)20-3-2-19-10/h2-6H,17H2,1H3,(H2,18,24)(H,21,22,23). The highest BCUT2D eigenvalue weighted by atomic mass is 16.1. The molecular weight excluding hydrogens is 306 g/mol. The van der Waals surface area contributed by atoms with Gasteiger partial charge < -0.3 is 11.5 Å². The summed E-state index contributed by atoms with van der Waals surface area (Å²) in [4.78, 5) is 24.8. The number of nitrogen functional groups attached to an aromatic ring is 1. The summed E-state index contributed by atoms with van der Waals surface area (Å²) in [5.74, 6) is -0.614. The monoisotopic (exact) mass is 319 g/mol. The Hall–Kier alpha value is -3.55. The second kappa shape index (κ2) is 4.98. The molecule has 0 atom stereocenters. The number of nitrogens with one attached hydrogen (secondary N) is 1. The van der Waals surface area contributed by atoms with Crippen LogP contribution in [0.4, 0.5) is 5.69 Å². The molecule has 8 nitrogen and oxygen atoms in total. The molecule has 24 heavy (non-hydrogen) atoms. The summed E-state index contributed by atoms with van der Waals surface area (Å²) in [6, 6.07) is 1.56. The van der Waals surface area contributed by atoms with Gasteiger partial charge in [-0.15, -0.1) is 0 Å². The van der Waals surface area contributed by atoms with Crippen LogP contribution < -0.4 is 11.5 Å². The number of nitrogens with two attached hydrogens (primary N) is 2. The van der Waals surface area contributed by atoms with E-state index in [1.54, 1.807) is 30.9 Å². The lowest BCUT2D eigenvalue weighted by Crippen LogP contribution is -2.15. The van der Waals surface area contributed by atoms with E-state index >= 15 is 0 Å². The van der Waals surface area contributed by atoms with Crippen molar-refractivity contribution < 1.29 is 4.79 Å². The Labute approximate surface area is 135 Å². The maximum Gasteiger partial charge on any atom is 0.250 e. The highest BCUT2D eigenvalue weighted by molar-refractivity contribution is 6.13. The van der Waals surface area contributed by atoms with E-state index in [9.17, 15) is 4.79 Å². The number of aromatic nitrogens is 5. The van der Waals surface area contributed by atoms with E-state index in [1.165, 1.54) is 0 Å². The fraction of sp³-hybridized carbons (Fsp3) is 0.0625. The minimum absolute atomic E-state index is 0.214. The zero-order valence-electron chi connectivity index (χ0n) is 12.7. The lowest BCUT2D eigenvalue weighted by atomic mass is 9.93. The lowest BCUT2D eigenvalue weighted by molar-refractivity contribution is 0.100. The van der Waals surface area contributed by atoms with Crippen LogP contribution in [-0.2, 0) is 0 Å². The summed E-state index contributed by atoms with van der Waals surface area (Å²) in [5, 5.41) is 7.66. The normalized spacial score (nSPS) is 11.2. The molecule has 0 bridgehead atoms. The number of pyridine rings is 1. The molecule has 3 aromatic heterocycles. The average Bonchev–Trinajstić information content (AvgIpc) is 3.04. The van der Waals surface area contributed by atoms with E-state index < -0.39 is 5.91 Å². The number of carbonyl (C=O) groups is 1. The first-order chi connectivity index (χ1) is 11.6. The maximum absolute atomic E-state index is 11.8. The number of hydrogen-bond acceptors (Lipinski definition) is 6. The number of nitrogens with zero attached hydrogens (tertiary/aromatic N) is 4. The van der Waals surface area contributed by atoms with Gasteiger partial charge >= 0.3 is 0 Å². The molecule has 4 aromatic rings. The minimum Gasteiger partial charge on any atom is -0.398 e. The second-order valence-electron chi connectivity index (χ2n) is 5.45. The average molecular weight is 319 g/mol. The highest BCUT2D eigenvalue weighted by Gasteiger charge is 2.21. The van der Waals surface area contributed by atoms with Crippen LogP contribution in [0.1, 0.15) is 15.9 Å². The van der Waals surface area contributed by atoms with Crippen LogP contribution in [-0.4, -0.2) is 31.1 Å². The largest absolute Gasteiger partial charge is 0.398 e. The van der Waals surface area contributed by atoms with Crippen LogP contribution in [0.15, 0.2) is 30.9 Å². The third kappa shape index (κ3) is 1.89. The van der Waals surface area contributed by atoms with E-state index in [0.29, 0.717) is 22.2 Å². The Morgan fingerprint density at radius 3 is 2.71 bits per heavy atom. The van der Waals surface area contributed by atoms with Crippen molar-refractivity contribution in [2.45, 2.75) is 6.92 Å². The number of amides is 1. The number of carbonyl (C=O) groups excluding carboxylic acids is 1. The molecule has 0 saturated carbocycles. The number of aryl methyl sites for hydroxylation is 1.